The van der Waals surface area contributed by atoms with Gasteiger partial charge in [-0.3, -0.25) is 4.99 Å². The second kappa shape index (κ2) is 5.54. The quantitative estimate of drug-likeness (QED) is 0.861. The molecule has 0 saturated heterocycles. The lowest BCUT2D eigenvalue weighted by Crippen LogP contribution is -1.90. The zero-order chi connectivity index (χ0) is 15.0. The summed E-state index contributed by atoms with van der Waals surface area (Å²) < 4.78 is 6.12. The highest BCUT2D eigenvalue weighted by Crippen LogP contribution is 2.40. The zero-order valence-corrected chi connectivity index (χ0v) is 13.5. The first-order valence-electron chi connectivity index (χ1n) is 6.32. The lowest BCUT2D eigenvalue weighted by atomic mass is 10.0. The summed E-state index contributed by atoms with van der Waals surface area (Å²) in [6, 6.07) is 5.81. The predicted molar refractivity (Wildman–Crippen MR) is 89.2 cm³/mol. The van der Waals surface area contributed by atoms with Gasteiger partial charge in [-0.25, -0.2) is 0 Å². The number of fused-ring (bicyclic) bond motifs is 1. The third kappa shape index (κ3) is 2.56. The molecule has 1 N–H and O–H groups in total. The predicted octanol–water partition coefficient (Wildman–Crippen LogP) is 4.23. The van der Waals surface area contributed by atoms with Gasteiger partial charge in [-0.2, -0.15) is 4.98 Å². The molecule has 1 aromatic heterocycles. The molecule has 2 aromatic rings. The second-order valence-corrected chi connectivity index (χ2v) is 6.59. The van der Waals surface area contributed by atoms with Gasteiger partial charge in [0.2, 0.25) is 5.88 Å². The van der Waals surface area contributed by atoms with E-state index < -0.39 is 0 Å². The van der Waals surface area contributed by atoms with Crippen LogP contribution in [0.1, 0.15) is 17.4 Å². The van der Waals surface area contributed by atoms with Crippen LogP contribution < -0.4 is 4.74 Å². The molecule has 3 rings (SSSR count). The highest BCUT2D eigenvalue weighted by atomic mass is 32.2. The van der Waals surface area contributed by atoms with Crippen molar-refractivity contribution in [3.8, 4) is 11.6 Å². The van der Waals surface area contributed by atoms with E-state index in [2.05, 4.69) is 9.98 Å². The molecule has 0 atom stereocenters. The maximum atomic E-state index is 9.93. The number of hydrogen-bond acceptors (Lipinski definition) is 6. The molecule has 2 heterocycles. The zero-order valence-electron chi connectivity index (χ0n) is 11.9. The number of ether oxygens (including phenoxy) is 1. The lowest BCUT2D eigenvalue weighted by molar-refractivity contribution is 0.415. The summed E-state index contributed by atoms with van der Waals surface area (Å²) in [5, 5.41) is 9.93. The standard InChI is InChI=1S/C15H14N2O2S2/c1-8-10(7-13-14(18)17-15(20-3)21-13)11-6-9(19-2)4-5-12(11)16-8/h4-7,18H,1-3H3. The van der Waals surface area contributed by atoms with Crippen LogP contribution in [0.4, 0.5) is 5.69 Å². The van der Waals surface area contributed by atoms with E-state index in [1.807, 2.05) is 37.5 Å². The molecule has 108 valence electrons. The normalized spacial score (nSPS) is 15.2. The Morgan fingerprint density at radius 3 is 2.86 bits per heavy atom. The summed E-state index contributed by atoms with van der Waals surface area (Å²) in [5.74, 6) is 0.865. The van der Waals surface area contributed by atoms with Gasteiger partial charge in [0, 0.05) is 16.8 Å². The molecule has 0 spiro atoms. The molecule has 21 heavy (non-hydrogen) atoms. The van der Waals surface area contributed by atoms with Crippen molar-refractivity contribution in [1.82, 2.24) is 4.98 Å². The van der Waals surface area contributed by atoms with Crippen molar-refractivity contribution >= 4 is 46.1 Å². The molecular weight excluding hydrogens is 304 g/mol. The van der Waals surface area contributed by atoms with Crippen molar-refractivity contribution in [2.75, 3.05) is 13.4 Å². The summed E-state index contributed by atoms with van der Waals surface area (Å²) >= 11 is 2.99. The molecule has 0 unspecified atom stereocenters. The maximum Gasteiger partial charge on any atom is 0.230 e. The number of thiazole rings is 1. The van der Waals surface area contributed by atoms with Crippen LogP contribution in [0.15, 0.2) is 27.5 Å². The Hall–Kier alpha value is -1.79. The molecule has 0 aliphatic carbocycles. The van der Waals surface area contributed by atoms with Gasteiger partial charge >= 0.3 is 0 Å². The Balaban J connectivity index is 2.09. The van der Waals surface area contributed by atoms with E-state index >= 15 is 0 Å². The molecule has 4 nitrogen and oxygen atoms in total. The van der Waals surface area contributed by atoms with Crippen LogP contribution >= 0.6 is 23.1 Å². The number of aromatic nitrogens is 1. The van der Waals surface area contributed by atoms with Gasteiger partial charge in [-0.15, -0.1) is 11.3 Å². The molecule has 1 aliphatic heterocycles. The molecule has 0 saturated carbocycles. The lowest BCUT2D eigenvalue weighted by Gasteiger charge is -2.04. The second-order valence-electron chi connectivity index (χ2n) is 4.51. The Morgan fingerprint density at radius 1 is 1.38 bits per heavy atom. The van der Waals surface area contributed by atoms with E-state index in [1.165, 1.54) is 23.1 Å². The first-order chi connectivity index (χ1) is 10.1. The van der Waals surface area contributed by atoms with E-state index in [9.17, 15) is 5.11 Å². The third-order valence-electron chi connectivity index (χ3n) is 3.24. The number of hydrogen-bond donors (Lipinski definition) is 1. The summed E-state index contributed by atoms with van der Waals surface area (Å²) in [4.78, 5) is 9.42. The molecule has 0 bridgehead atoms. The van der Waals surface area contributed by atoms with Gasteiger partial charge in [-0.1, -0.05) is 11.8 Å². The number of thioether (sulfide) groups is 1. The highest BCUT2D eigenvalue weighted by Gasteiger charge is 2.20. The largest absolute Gasteiger partial charge is 0.497 e. The average molecular weight is 318 g/mol. The minimum absolute atomic E-state index is 0.0704. The van der Waals surface area contributed by atoms with Gasteiger partial charge in [0.05, 0.1) is 17.7 Å². The molecule has 0 fully saturated rings. The number of aromatic hydroxyl groups is 1. The van der Waals surface area contributed by atoms with Crippen LogP contribution in [0.5, 0.6) is 11.6 Å². The van der Waals surface area contributed by atoms with Crippen LogP contribution in [-0.4, -0.2) is 29.2 Å². The van der Waals surface area contributed by atoms with Gasteiger partial charge in [0.15, 0.2) is 4.34 Å². The van der Waals surface area contributed by atoms with Gasteiger partial charge in [0.25, 0.3) is 0 Å². The summed E-state index contributed by atoms with van der Waals surface area (Å²) in [6.07, 6.45) is 3.88. The SMILES string of the molecule is COc1ccc2c(c1)C(=Cc1sc(SC)nc1O)C(C)=N2. The number of benzene rings is 1. The van der Waals surface area contributed by atoms with Crippen molar-refractivity contribution in [3.05, 3.63) is 28.6 Å². The van der Waals surface area contributed by atoms with Crippen LogP contribution in [-0.2, 0) is 0 Å². The van der Waals surface area contributed by atoms with Crippen LogP contribution in [0.2, 0.25) is 0 Å². The van der Waals surface area contributed by atoms with Gasteiger partial charge in [-0.05, 0) is 37.5 Å². The maximum absolute atomic E-state index is 9.93. The van der Waals surface area contributed by atoms with E-state index in [0.29, 0.717) is 0 Å². The van der Waals surface area contributed by atoms with E-state index in [0.717, 1.165) is 37.5 Å². The Morgan fingerprint density at radius 2 is 2.19 bits per heavy atom. The van der Waals surface area contributed by atoms with Crippen molar-refractivity contribution < 1.29 is 9.84 Å². The molecule has 6 heteroatoms. The first kappa shape index (κ1) is 14.2. The van der Waals surface area contributed by atoms with Crippen molar-refractivity contribution in [3.63, 3.8) is 0 Å². The molecule has 0 radical (unpaired) electrons. The first-order valence-corrected chi connectivity index (χ1v) is 8.36. The topological polar surface area (TPSA) is 54.7 Å². The minimum Gasteiger partial charge on any atom is -0.497 e. The fourth-order valence-corrected chi connectivity index (χ4v) is 3.60. The number of allylic oxidation sites excluding steroid dienone is 1. The van der Waals surface area contributed by atoms with E-state index in [-0.39, 0.29) is 5.88 Å². The summed E-state index contributed by atoms with van der Waals surface area (Å²) in [6.45, 7) is 1.96. The van der Waals surface area contributed by atoms with Crippen LogP contribution in [0, 0.1) is 0 Å². The fraction of sp³-hybridized carbons (Fsp3) is 0.200. The molecule has 1 aliphatic rings. The number of methoxy groups -OCH3 is 1. The smallest absolute Gasteiger partial charge is 0.230 e. The Bertz CT molecular complexity index is 763. The average Bonchev–Trinajstić information content (AvgIpc) is 3.00. The van der Waals surface area contributed by atoms with Crippen molar-refractivity contribution in [1.29, 1.82) is 0 Å². The number of nitrogens with zero attached hydrogens (tertiary/aromatic N) is 2. The van der Waals surface area contributed by atoms with Crippen molar-refractivity contribution in [2.24, 2.45) is 4.99 Å². The summed E-state index contributed by atoms with van der Waals surface area (Å²) in [7, 11) is 1.65. The fourth-order valence-electron chi connectivity index (χ4n) is 2.19. The van der Waals surface area contributed by atoms with Crippen molar-refractivity contribution in [2.45, 2.75) is 11.3 Å². The number of rotatable bonds is 3. The highest BCUT2D eigenvalue weighted by molar-refractivity contribution is 8.00. The Kier molecular flexibility index (Phi) is 3.73. The number of aliphatic imine (C=N–C) groups is 1. The van der Waals surface area contributed by atoms with Gasteiger partial charge < -0.3 is 9.84 Å². The minimum atomic E-state index is 0.0704. The van der Waals surface area contributed by atoms with Crippen LogP contribution in [0.3, 0.4) is 0 Å². The third-order valence-corrected chi connectivity index (χ3v) is 5.21. The van der Waals surface area contributed by atoms with E-state index in [4.69, 9.17) is 4.74 Å². The summed E-state index contributed by atoms with van der Waals surface area (Å²) in [5.41, 5.74) is 3.87. The molecular formula is C15H14N2O2S2. The molecule has 1 aromatic carbocycles. The Labute approximate surface area is 131 Å². The van der Waals surface area contributed by atoms with Crippen LogP contribution in [0.25, 0.3) is 11.6 Å². The molecule has 0 amide bonds. The van der Waals surface area contributed by atoms with E-state index in [1.54, 1.807) is 7.11 Å². The monoisotopic (exact) mass is 318 g/mol. The van der Waals surface area contributed by atoms with Gasteiger partial charge in [0.1, 0.15) is 5.75 Å².